The van der Waals surface area contributed by atoms with Crippen LogP contribution in [-0.2, 0) is 20.8 Å². The van der Waals surface area contributed by atoms with Gasteiger partial charge < -0.3 is 31.5 Å². The fraction of sp³-hybridized carbons (Fsp3) is 0.391. The third kappa shape index (κ3) is 3.85. The molecule has 3 aliphatic carbocycles. The SMILES string of the molecule is Br.CN(C)[C@@H]1C(O)=C(C(N)=O)C(=O)[C@@]2(O)C(O)=C3C(=O)c4c(ccc(NC(=O)CBr)c4O)CC3CC12. The van der Waals surface area contributed by atoms with Crippen LogP contribution in [0, 0.1) is 11.8 Å². The molecule has 1 aromatic rings. The van der Waals surface area contributed by atoms with Crippen molar-refractivity contribution >= 4 is 62.0 Å². The molecule has 4 atom stereocenters. The van der Waals surface area contributed by atoms with Crippen LogP contribution in [0.15, 0.2) is 34.8 Å². The summed E-state index contributed by atoms with van der Waals surface area (Å²) in [5, 5.41) is 46.6. The van der Waals surface area contributed by atoms with Gasteiger partial charge in [0.1, 0.15) is 17.1 Å². The number of aromatic hydroxyl groups is 1. The molecule has 0 spiro atoms. The van der Waals surface area contributed by atoms with Crippen LogP contribution < -0.4 is 11.1 Å². The molecule has 0 aliphatic heterocycles. The number of allylic oxidation sites excluding steroid dienone is 1. The lowest BCUT2D eigenvalue weighted by Gasteiger charge is -2.50. The van der Waals surface area contributed by atoms with E-state index < -0.39 is 69.7 Å². The molecule has 7 N–H and O–H groups in total. The number of Topliss-reactive ketones (excluding diaryl/α,β-unsaturated/α-hetero) is 2. The van der Waals surface area contributed by atoms with Crippen molar-refractivity contribution in [2.24, 2.45) is 17.6 Å². The number of rotatable bonds is 4. The first-order valence-corrected chi connectivity index (χ1v) is 11.8. The number of phenolic OH excluding ortho intramolecular Hbond substituents is 1. The Labute approximate surface area is 224 Å². The minimum atomic E-state index is -2.69. The predicted octanol–water partition coefficient (Wildman–Crippen LogP) is 1.03. The highest BCUT2D eigenvalue weighted by molar-refractivity contribution is 9.09. The zero-order chi connectivity index (χ0) is 26.0. The highest BCUT2D eigenvalue weighted by Crippen LogP contribution is 2.52. The lowest BCUT2D eigenvalue weighted by atomic mass is 9.58. The van der Waals surface area contributed by atoms with Crippen molar-refractivity contribution in [3.05, 3.63) is 45.9 Å². The number of hydrogen-bond donors (Lipinski definition) is 6. The summed E-state index contributed by atoms with van der Waals surface area (Å²) >= 11 is 3.00. The van der Waals surface area contributed by atoms with Crippen LogP contribution in [0.4, 0.5) is 5.69 Å². The summed E-state index contributed by atoms with van der Waals surface area (Å²) in [6.07, 6.45) is 0.184. The van der Waals surface area contributed by atoms with E-state index in [0.29, 0.717) is 5.56 Å². The second-order valence-electron chi connectivity index (χ2n) is 9.14. The van der Waals surface area contributed by atoms with Crippen molar-refractivity contribution in [1.29, 1.82) is 0 Å². The third-order valence-electron chi connectivity index (χ3n) is 6.99. The van der Waals surface area contributed by atoms with Crippen molar-refractivity contribution < 1.29 is 39.6 Å². The average Bonchev–Trinajstić information content (AvgIpc) is 2.77. The molecule has 1 aromatic carbocycles. The molecule has 36 heavy (non-hydrogen) atoms. The number of primary amides is 1. The van der Waals surface area contributed by atoms with Gasteiger partial charge in [0.05, 0.1) is 22.6 Å². The summed E-state index contributed by atoms with van der Waals surface area (Å²) in [5.41, 5.74) is 1.76. The number of aliphatic hydroxyl groups is 3. The molecule has 0 heterocycles. The van der Waals surface area contributed by atoms with E-state index in [4.69, 9.17) is 5.73 Å². The van der Waals surface area contributed by atoms with Crippen LogP contribution in [0.5, 0.6) is 5.75 Å². The second kappa shape index (κ2) is 9.61. The number of alkyl halides is 1. The smallest absolute Gasteiger partial charge is 0.255 e. The number of halogens is 2. The van der Waals surface area contributed by atoms with Crippen LogP contribution in [0.1, 0.15) is 22.3 Å². The Morgan fingerprint density at radius 1 is 1.22 bits per heavy atom. The van der Waals surface area contributed by atoms with Gasteiger partial charge in [-0.05, 0) is 44.5 Å². The Morgan fingerprint density at radius 3 is 2.42 bits per heavy atom. The summed E-state index contributed by atoms with van der Waals surface area (Å²) in [7, 11) is 3.13. The number of aliphatic hydroxyl groups excluding tert-OH is 2. The molecule has 2 amide bonds. The van der Waals surface area contributed by atoms with E-state index in [9.17, 15) is 39.6 Å². The highest BCUT2D eigenvalue weighted by Gasteiger charge is 2.63. The van der Waals surface area contributed by atoms with Crippen LogP contribution >= 0.6 is 32.9 Å². The van der Waals surface area contributed by atoms with Crippen molar-refractivity contribution in [1.82, 2.24) is 4.90 Å². The first-order valence-electron chi connectivity index (χ1n) is 10.7. The van der Waals surface area contributed by atoms with Crippen molar-refractivity contribution in [2.45, 2.75) is 24.5 Å². The lowest BCUT2D eigenvalue weighted by Crippen LogP contribution is -2.63. The molecule has 194 valence electrons. The number of benzene rings is 1. The minimum absolute atomic E-state index is 0. The van der Waals surface area contributed by atoms with Gasteiger partial charge in [-0.25, -0.2) is 0 Å². The predicted molar refractivity (Wildman–Crippen MR) is 136 cm³/mol. The van der Waals surface area contributed by atoms with Crippen molar-refractivity contribution in [3.8, 4) is 5.75 Å². The zero-order valence-electron chi connectivity index (χ0n) is 19.2. The summed E-state index contributed by atoms with van der Waals surface area (Å²) in [6.45, 7) is 0. The van der Waals surface area contributed by atoms with E-state index in [2.05, 4.69) is 21.2 Å². The maximum atomic E-state index is 13.5. The monoisotopic (exact) mass is 629 g/mol. The molecule has 0 saturated heterocycles. The Balaban J connectivity index is 0.00000361. The highest BCUT2D eigenvalue weighted by atomic mass is 79.9. The number of carbonyl (C=O) groups excluding carboxylic acids is 4. The third-order valence-corrected chi connectivity index (χ3v) is 7.50. The van der Waals surface area contributed by atoms with Crippen LogP contribution in [-0.4, -0.2) is 79.8 Å². The maximum absolute atomic E-state index is 13.5. The first-order chi connectivity index (χ1) is 16.4. The Kier molecular flexibility index (Phi) is 7.44. The van der Waals surface area contributed by atoms with Crippen molar-refractivity contribution in [2.75, 3.05) is 24.7 Å². The van der Waals surface area contributed by atoms with Crippen LogP contribution in [0.3, 0.4) is 0 Å². The van der Waals surface area contributed by atoms with Gasteiger partial charge >= 0.3 is 0 Å². The molecule has 2 unspecified atom stereocenters. The number of ketones is 2. The molecule has 4 rings (SSSR count). The number of anilines is 1. The number of phenols is 1. The number of likely N-dealkylation sites (N-methyl/N-ethyl adjacent to an activating group) is 1. The molecule has 0 aromatic heterocycles. The lowest BCUT2D eigenvalue weighted by molar-refractivity contribution is -0.148. The Morgan fingerprint density at radius 2 is 1.86 bits per heavy atom. The summed E-state index contributed by atoms with van der Waals surface area (Å²) in [4.78, 5) is 52.0. The molecule has 3 aliphatic rings. The van der Waals surface area contributed by atoms with Gasteiger partial charge in [0.25, 0.3) is 5.91 Å². The van der Waals surface area contributed by atoms with E-state index in [1.807, 2.05) is 0 Å². The number of hydrogen-bond acceptors (Lipinski definition) is 9. The molecular formula is C23H25Br2N3O8. The fourth-order valence-corrected chi connectivity index (χ4v) is 5.65. The van der Waals surface area contributed by atoms with E-state index in [-0.39, 0.29) is 52.0 Å². The quantitative estimate of drug-likeness (QED) is 0.160. The van der Waals surface area contributed by atoms with Crippen molar-refractivity contribution in [3.63, 3.8) is 0 Å². The molecule has 0 radical (unpaired) electrons. The van der Waals surface area contributed by atoms with Gasteiger partial charge in [0.15, 0.2) is 17.1 Å². The average molecular weight is 631 g/mol. The van der Waals surface area contributed by atoms with E-state index in [0.717, 1.165) is 0 Å². The standard InChI is InChI=1S/C23H24BrN3O8.BrH/c1-27(2)16-10-6-9-5-8-3-4-11(26-12(28)7-24)17(29)13(8)18(30)14(9)20(32)23(10,35)21(33)15(19(16)31)22(25)34;/h3-4,9-10,16,29,31-32,35H,5-7H2,1-2H3,(H2,25,34)(H,26,28);1H/t9?,10?,16-,23-;/m0./s1. The number of amides is 2. The molecule has 11 nitrogen and oxygen atoms in total. The van der Waals surface area contributed by atoms with Gasteiger partial charge in [-0.15, -0.1) is 17.0 Å². The Hall–Kier alpha value is -2.74. The van der Waals surface area contributed by atoms with Gasteiger partial charge in [-0.1, -0.05) is 22.0 Å². The first kappa shape index (κ1) is 27.8. The fourth-order valence-electron chi connectivity index (χ4n) is 5.51. The van der Waals surface area contributed by atoms with Gasteiger partial charge in [-0.2, -0.15) is 0 Å². The zero-order valence-corrected chi connectivity index (χ0v) is 22.5. The largest absolute Gasteiger partial charge is 0.510 e. The number of nitrogens with zero attached hydrogens (tertiary/aromatic N) is 1. The molecule has 0 fully saturated rings. The molecule has 0 saturated carbocycles. The summed E-state index contributed by atoms with van der Waals surface area (Å²) in [6, 6.07) is 1.98. The molecular weight excluding hydrogens is 606 g/mol. The second-order valence-corrected chi connectivity index (χ2v) is 9.70. The number of fused-ring (bicyclic) bond motifs is 3. The van der Waals surface area contributed by atoms with Gasteiger partial charge in [0, 0.05) is 11.5 Å². The van der Waals surface area contributed by atoms with Crippen LogP contribution in [0.25, 0.3) is 0 Å². The van der Waals surface area contributed by atoms with E-state index in [1.165, 1.54) is 11.0 Å². The number of nitrogens with one attached hydrogen (secondary N) is 1. The maximum Gasteiger partial charge on any atom is 0.255 e. The number of nitrogens with two attached hydrogens (primary N) is 1. The minimum Gasteiger partial charge on any atom is -0.510 e. The molecule has 13 heteroatoms. The van der Waals surface area contributed by atoms with Crippen LogP contribution in [0.2, 0.25) is 0 Å². The normalized spacial score (nSPS) is 27.2. The van der Waals surface area contributed by atoms with E-state index >= 15 is 0 Å². The van der Waals surface area contributed by atoms with Gasteiger partial charge in [-0.3, -0.25) is 24.1 Å². The van der Waals surface area contributed by atoms with E-state index in [1.54, 1.807) is 20.2 Å². The molecule has 0 bridgehead atoms. The topological polar surface area (TPSA) is 190 Å². The summed E-state index contributed by atoms with van der Waals surface area (Å²) < 4.78 is 0. The Bertz CT molecular complexity index is 1260. The number of carbonyl (C=O) groups is 4. The summed E-state index contributed by atoms with van der Waals surface area (Å²) in [5.74, 6) is -7.66. The van der Waals surface area contributed by atoms with Gasteiger partial charge in [0.2, 0.25) is 11.7 Å².